The second-order valence-electron chi connectivity index (χ2n) is 6.81. The van der Waals surface area contributed by atoms with Crippen molar-refractivity contribution in [1.29, 1.82) is 0 Å². The van der Waals surface area contributed by atoms with Crippen LogP contribution in [0, 0.1) is 6.92 Å². The Balaban J connectivity index is 1.43. The zero-order chi connectivity index (χ0) is 17.9. The molecule has 0 fully saturated rings. The van der Waals surface area contributed by atoms with Crippen LogP contribution >= 0.6 is 0 Å². The van der Waals surface area contributed by atoms with Crippen molar-refractivity contribution in [3.8, 4) is 5.69 Å². The standard InChI is InChI=1S/C20H21N5O/c1-14-5-8-16-3-2-4-19(18(16)11-14)22-20(26)12-15-6-9-17(10-7-15)25-13-21-23-24-25/h5-11,13,19H,2-4,12H2,1H3,(H,22,26)/t19-/m0/s1. The van der Waals surface area contributed by atoms with Gasteiger partial charge in [-0.05, 0) is 65.4 Å². The highest BCUT2D eigenvalue weighted by molar-refractivity contribution is 5.79. The number of hydrogen-bond donors (Lipinski definition) is 1. The fourth-order valence-corrected chi connectivity index (χ4v) is 3.55. The van der Waals surface area contributed by atoms with Crippen LogP contribution in [0.4, 0.5) is 0 Å². The van der Waals surface area contributed by atoms with Crippen LogP contribution in [0.15, 0.2) is 48.8 Å². The number of carbonyl (C=O) groups is 1. The zero-order valence-corrected chi connectivity index (χ0v) is 14.7. The average molecular weight is 347 g/mol. The lowest BCUT2D eigenvalue weighted by molar-refractivity contribution is -0.121. The smallest absolute Gasteiger partial charge is 0.224 e. The third-order valence-electron chi connectivity index (χ3n) is 4.87. The van der Waals surface area contributed by atoms with Gasteiger partial charge in [-0.2, -0.15) is 0 Å². The fraction of sp³-hybridized carbons (Fsp3) is 0.300. The van der Waals surface area contributed by atoms with Gasteiger partial charge < -0.3 is 5.32 Å². The lowest BCUT2D eigenvalue weighted by Gasteiger charge is -2.27. The predicted molar refractivity (Wildman–Crippen MR) is 97.9 cm³/mol. The van der Waals surface area contributed by atoms with Crippen LogP contribution in [-0.2, 0) is 17.6 Å². The molecule has 0 spiro atoms. The molecule has 1 amide bonds. The Morgan fingerprint density at radius 2 is 2.08 bits per heavy atom. The van der Waals surface area contributed by atoms with E-state index >= 15 is 0 Å². The Labute approximate surface area is 152 Å². The van der Waals surface area contributed by atoms with E-state index < -0.39 is 0 Å². The normalized spacial score (nSPS) is 16.1. The summed E-state index contributed by atoms with van der Waals surface area (Å²) in [6.45, 7) is 2.10. The third kappa shape index (κ3) is 3.49. The van der Waals surface area contributed by atoms with E-state index in [1.807, 2.05) is 24.3 Å². The molecule has 1 aromatic heterocycles. The van der Waals surface area contributed by atoms with E-state index in [0.29, 0.717) is 6.42 Å². The van der Waals surface area contributed by atoms with E-state index in [1.54, 1.807) is 11.0 Å². The second kappa shape index (κ2) is 7.07. The maximum Gasteiger partial charge on any atom is 0.224 e. The number of rotatable bonds is 4. The van der Waals surface area contributed by atoms with Crippen molar-refractivity contribution in [2.45, 2.75) is 38.6 Å². The first-order valence-electron chi connectivity index (χ1n) is 8.90. The van der Waals surface area contributed by atoms with Gasteiger partial charge in [0.05, 0.1) is 18.2 Å². The number of tetrazole rings is 1. The van der Waals surface area contributed by atoms with Gasteiger partial charge >= 0.3 is 0 Å². The summed E-state index contributed by atoms with van der Waals surface area (Å²) in [4.78, 5) is 12.5. The molecule has 26 heavy (non-hydrogen) atoms. The van der Waals surface area contributed by atoms with Crippen LogP contribution in [-0.4, -0.2) is 26.1 Å². The summed E-state index contributed by atoms with van der Waals surface area (Å²) in [6, 6.07) is 14.4. The van der Waals surface area contributed by atoms with E-state index in [1.165, 1.54) is 16.7 Å². The molecule has 0 bridgehead atoms. The van der Waals surface area contributed by atoms with Gasteiger partial charge in [-0.15, -0.1) is 5.10 Å². The van der Waals surface area contributed by atoms with E-state index in [0.717, 1.165) is 30.5 Å². The minimum atomic E-state index is 0.0551. The molecule has 1 N–H and O–H groups in total. The van der Waals surface area contributed by atoms with Gasteiger partial charge in [0.25, 0.3) is 0 Å². The van der Waals surface area contributed by atoms with E-state index in [9.17, 15) is 4.79 Å². The number of nitrogens with zero attached hydrogens (tertiary/aromatic N) is 4. The van der Waals surface area contributed by atoms with Gasteiger partial charge in [0.2, 0.25) is 5.91 Å². The highest BCUT2D eigenvalue weighted by Gasteiger charge is 2.21. The summed E-state index contributed by atoms with van der Waals surface area (Å²) in [5.41, 5.74) is 5.72. The lowest BCUT2D eigenvalue weighted by atomic mass is 9.86. The summed E-state index contributed by atoms with van der Waals surface area (Å²) in [5, 5.41) is 14.3. The first kappa shape index (κ1) is 16.4. The number of benzene rings is 2. The Morgan fingerprint density at radius 1 is 1.23 bits per heavy atom. The van der Waals surface area contributed by atoms with Crippen LogP contribution in [0.2, 0.25) is 0 Å². The number of nitrogens with one attached hydrogen (secondary N) is 1. The molecule has 2 aromatic carbocycles. The van der Waals surface area contributed by atoms with Crippen molar-refractivity contribution in [3.05, 3.63) is 71.0 Å². The molecule has 0 aliphatic heterocycles. The average Bonchev–Trinajstić information content (AvgIpc) is 3.17. The molecule has 6 heteroatoms. The van der Waals surface area contributed by atoms with E-state index in [4.69, 9.17) is 0 Å². The molecule has 4 rings (SSSR count). The molecule has 1 aliphatic rings. The molecule has 1 aliphatic carbocycles. The molecule has 0 radical (unpaired) electrons. The summed E-state index contributed by atoms with van der Waals surface area (Å²) < 4.78 is 1.59. The molecule has 0 saturated heterocycles. The molecule has 6 nitrogen and oxygen atoms in total. The van der Waals surface area contributed by atoms with Gasteiger partial charge in [-0.1, -0.05) is 35.9 Å². The van der Waals surface area contributed by atoms with Gasteiger partial charge in [0, 0.05) is 0 Å². The fourth-order valence-electron chi connectivity index (χ4n) is 3.55. The highest BCUT2D eigenvalue weighted by atomic mass is 16.1. The Kier molecular flexibility index (Phi) is 4.48. The van der Waals surface area contributed by atoms with Crippen LogP contribution in [0.1, 0.15) is 41.1 Å². The van der Waals surface area contributed by atoms with Crippen LogP contribution < -0.4 is 5.32 Å². The van der Waals surface area contributed by atoms with Crippen LogP contribution in [0.5, 0.6) is 0 Å². The quantitative estimate of drug-likeness (QED) is 0.788. The predicted octanol–water partition coefficient (Wildman–Crippen LogP) is 2.71. The number of fused-ring (bicyclic) bond motifs is 1. The van der Waals surface area contributed by atoms with Gasteiger partial charge in [-0.25, -0.2) is 4.68 Å². The summed E-state index contributed by atoms with van der Waals surface area (Å²) in [5.74, 6) is 0.0551. The number of hydrogen-bond acceptors (Lipinski definition) is 4. The Morgan fingerprint density at radius 3 is 2.85 bits per heavy atom. The minimum absolute atomic E-state index is 0.0551. The Hall–Kier alpha value is -3.02. The maximum absolute atomic E-state index is 12.5. The Bertz CT molecular complexity index is 902. The maximum atomic E-state index is 12.5. The number of carbonyl (C=O) groups excluding carboxylic acids is 1. The SMILES string of the molecule is Cc1ccc2c(c1)[C@@H](NC(=O)Cc1ccc(-n3cnnn3)cc1)CCC2. The van der Waals surface area contributed by atoms with Crippen molar-refractivity contribution in [3.63, 3.8) is 0 Å². The van der Waals surface area contributed by atoms with Crippen molar-refractivity contribution >= 4 is 5.91 Å². The minimum Gasteiger partial charge on any atom is -0.349 e. The highest BCUT2D eigenvalue weighted by Crippen LogP contribution is 2.30. The molecular weight excluding hydrogens is 326 g/mol. The monoisotopic (exact) mass is 347 g/mol. The first-order chi connectivity index (χ1) is 12.7. The molecule has 1 heterocycles. The van der Waals surface area contributed by atoms with Crippen LogP contribution in [0.25, 0.3) is 5.69 Å². The zero-order valence-electron chi connectivity index (χ0n) is 14.7. The largest absolute Gasteiger partial charge is 0.349 e. The summed E-state index contributed by atoms with van der Waals surface area (Å²) in [6.07, 6.45) is 5.13. The van der Waals surface area contributed by atoms with Gasteiger partial charge in [0.1, 0.15) is 6.33 Å². The lowest BCUT2D eigenvalue weighted by Crippen LogP contribution is -2.32. The molecule has 0 saturated carbocycles. The topological polar surface area (TPSA) is 72.7 Å². The number of aryl methyl sites for hydroxylation is 2. The molecular formula is C20H21N5O. The number of amides is 1. The molecule has 3 aromatic rings. The summed E-state index contributed by atoms with van der Waals surface area (Å²) >= 11 is 0. The van der Waals surface area contributed by atoms with Crippen molar-refractivity contribution in [2.75, 3.05) is 0 Å². The second-order valence-corrected chi connectivity index (χ2v) is 6.81. The molecule has 132 valence electrons. The van der Waals surface area contributed by atoms with Gasteiger partial charge in [0.15, 0.2) is 0 Å². The van der Waals surface area contributed by atoms with Gasteiger partial charge in [-0.3, -0.25) is 4.79 Å². The third-order valence-corrected chi connectivity index (χ3v) is 4.87. The molecule has 1 atom stereocenters. The van der Waals surface area contributed by atoms with E-state index in [2.05, 4.69) is 46.0 Å². The van der Waals surface area contributed by atoms with Crippen molar-refractivity contribution in [1.82, 2.24) is 25.5 Å². The van der Waals surface area contributed by atoms with E-state index in [-0.39, 0.29) is 11.9 Å². The first-order valence-corrected chi connectivity index (χ1v) is 8.90. The number of aromatic nitrogens is 4. The van der Waals surface area contributed by atoms with Crippen molar-refractivity contribution in [2.24, 2.45) is 0 Å². The molecule has 0 unspecified atom stereocenters. The van der Waals surface area contributed by atoms with Crippen molar-refractivity contribution < 1.29 is 4.79 Å². The van der Waals surface area contributed by atoms with Crippen LogP contribution in [0.3, 0.4) is 0 Å². The summed E-state index contributed by atoms with van der Waals surface area (Å²) in [7, 11) is 0.